The fourth-order valence-corrected chi connectivity index (χ4v) is 1.08. The first-order valence-corrected chi connectivity index (χ1v) is 3.87. The van der Waals surface area contributed by atoms with E-state index in [0.29, 0.717) is 12.2 Å². The van der Waals surface area contributed by atoms with Crippen molar-refractivity contribution in [2.75, 3.05) is 30.9 Å². The van der Waals surface area contributed by atoms with Crippen LogP contribution in [0, 0.1) is 0 Å². The predicted octanol–water partition coefficient (Wildman–Crippen LogP) is 1.67. The summed E-state index contributed by atoms with van der Waals surface area (Å²) in [6.07, 6.45) is 0. The molecule has 0 aromatic heterocycles. The normalized spacial score (nSPS) is 9.83. The Balaban J connectivity index is 2.79. The molecule has 0 bridgehead atoms. The summed E-state index contributed by atoms with van der Waals surface area (Å²) in [5.41, 5.74) is 7.26. The summed E-state index contributed by atoms with van der Waals surface area (Å²) in [5.74, 6) is 0. The predicted molar refractivity (Wildman–Crippen MR) is 50.1 cm³/mol. The second-order valence-electron chi connectivity index (χ2n) is 2.67. The Labute approximate surface area is 71.8 Å². The van der Waals surface area contributed by atoms with Gasteiger partial charge in [-0.25, -0.2) is 4.39 Å². The average Bonchev–Trinajstić information content (AvgIpc) is 2.05. The Kier molecular flexibility index (Phi) is 2.91. The number of para-hydroxylation sites is 2. The second-order valence-corrected chi connectivity index (χ2v) is 2.67. The molecule has 0 unspecified atom stereocenters. The van der Waals surface area contributed by atoms with E-state index in [1.165, 1.54) is 0 Å². The van der Waals surface area contributed by atoms with E-state index in [9.17, 15) is 4.39 Å². The summed E-state index contributed by atoms with van der Waals surface area (Å²) >= 11 is 0. The topological polar surface area (TPSA) is 29.3 Å². The first kappa shape index (κ1) is 8.84. The van der Waals surface area contributed by atoms with E-state index >= 15 is 0 Å². The van der Waals surface area contributed by atoms with Gasteiger partial charge in [-0.15, -0.1) is 0 Å². The molecule has 0 fully saturated rings. The van der Waals surface area contributed by atoms with Crippen LogP contribution in [0.3, 0.4) is 0 Å². The first-order chi connectivity index (χ1) is 5.75. The largest absolute Gasteiger partial charge is 0.397 e. The molecule has 3 heteroatoms. The van der Waals surface area contributed by atoms with Gasteiger partial charge in [-0.05, 0) is 12.1 Å². The SMILES string of the molecule is CN(CCF)c1ccccc1N. The smallest absolute Gasteiger partial charge is 0.107 e. The third-order valence-electron chi connectivity index (χ3n) is 1.77. The van der Waals surface area contributed by atoms with E-state index in [0.717, 1.165) is 5.69 Å². The number of nitrogens with two attached hydrogens (primary N) is 1. The lowest BCUT2D eigenvalue weighted by Gasteiger charge is -2.18. The van der Waals surface area contributed by atoms with Crippen LogP contribution in [0.1, 0.15) is 0 Å². The number of hydrogen-bond acceptors (Lipinski definition) is 2. The van der Waals surface area contributed by atoms with Crippen molar-refractivity contribution >= 4 is 11.4 Å². The highest BCUT2D eigenvalue weighted by atomic mass is 19.1. The minimum Gasteiger partial charge on any atom is -0.397 e. The molecule has 12 heavy (non-hydrogen) atoms. The van der Waals surface area contributed by atoms with Crippen LogP contribution < -0.4 is 10.6 Å². The van der Waals surface area contributed by atoms with Crippen molar-refractivity contribution in [1.29, 1.82) is 0 Å². The number of alkyl halides is 1. The van der Waals surface area contributed by atoms with Gasteiger partial charge in [0.15, 0.2) is 0 Å². The highest BCUT2D eigenvalue weighted by Crippen LogP contribution is 2.20. The summed E-state index contributed by atoms with van der Waals surface area (Å²) in [5, 5.41) is 0. The van der Waals surface area contributed by atoms with Gasteiger partial charge >= 0.3 is 0 Å². The quantitative estimate of drug-likeness (QED) is 0.696. The Morgan fingerprint density at radius 2 is 2.08 bits per heavy atom. The van der Waals surface area contributed by atoms with Crippen LogP contribution in [0.4, 0.5) is 15.8 Å². The van der Waals surface area contributed by atoms with Crippen LogP contribution in [0.5, 0.6) is 0 Å². The van der Waals surface area contributed by atoms with Crippen molar-refractivity contribution in [2.45, 2.75) is 0 Å². The maximum absolute atomic E-state index is 12.0. The maximum Gasteiger partial charge on any atom is 0.107 e. The van der Waals surface area contributed by atoms with Crippen LogP contribution in [-0.2, 0) is 0 Å². The molecule has 1 aromatic carbocycles. The molecule has 0 radical (unpaired) electrons. The molecule has 0 saturated heterocycles. The average molecular weight is 168 g/mol. The van der Waals surface area contributed by atoms with Crippen molar-refractivity contribution in [3.63, 3.8) is 0 Å². The van der Waals surface area contributed by atoms with Crippen molar-refractivity contribution in [3.8, 4) is 0 Å². The third-order valence-corrected chi connectivity index (χ3v) is 1.77. The van der Waals surface area contributed by atoms with E-state index < -0.39 is 0 Å². The van der Waals surface area contributed by atoms with E-state index in [1.54, 1.807) is 4.90 Å². The van der Waals surface area contributed by atoms with Gasteiger partial charge in [0, 0.05) is 13.6 Å². The second kappa shape index (κ2) is 3.95. The summed E-state index contributed by atoms with van der Waals surface area (Å²) in [6.45, 7) is 0.0268. The molecule has 0 spiro atoms. The Morgan fingerprint density at radius 3 is 2.67 bits per heavy atom. The molecule has 0 atom stereocenters. The van der Waals surface area contributed by atoms with Crippen molar-refractivity contribution in [2.24, 2.45) is 0 Å². The molecule has 0 aliphatic rings. The minimum absolute atomic E-state index is 0.356. The Hall–Kier alpha value is -1.25. The lowest BCUT2D eigenvalue weighted by molar-refractivity contribution is 0.497. The molecule has 1 aromatic rings. The van der Waals surface area contributed by atoms with Crippen LogP contribution in [0.15, 0.2) is 24.3 Å². The summed E-state index contributed by atoms with van der Waals surface area (Å²) in [7, 11) is 1.82. The molecular weight excluding hydrogens is 155 g/mol. The van der Waals surface area contributed by atoms with E-state index in [1.807, 2.05) is 31.3 Å². The summed E-state index contributed by atoms with van der Waals surface area (Å²) in [4.78, 5) is 1.80. The summed E-state index contributed by atoms with van der Waals surface area (Å²) < 4.78 is 12.0. The zero-order valence-electron chi connectivity index (χ0n) is 7.13. The van der Waals surface area contributed by atoms with Crippen molar-refractivity contribution in [3.05, 3.63) is 24.3 Å². The third kappa shape index (κ3) is 1.87. The van der Waals surface area contributed by atoms with Crippen LogP contribution >= 0.6 is 0 Å². The highest BCUT2D eigenvalue weighted by molar-refractivity contribution is 5.66. The maximum atomic E-state index is 12.0. The van der Waals surface area contributed by atoms with Gasteiger partial charge in [-0.1, -0.05) is 12.1 Å². The number of rotatable bonds is 3. The Morgan fingerprint density at radius 1 is 1.42 bits per heavy atom. The molecule has 2 N–H and O–H groups in total. The van der Waals surface area contributed by atoms with Gasteiger partial charge in [0.2, 0.25) is 0 Å². The number of halogens is 1. The van der Waals surface area contributed by atoms with Crippen LogP contribution in [0.2, 0.25) is 0 Å². The van der Waals surface area contributed by atoms with Gasteiger partial charge in [-0.2, -0.15) is 0 Å². The van der Waals surface area contributed by atoms with E-state index in [2.05, 4.69) is 0 Å². The van der Waals surface area contributed by atoms with Gasteiger partial charge in [0.25, 0.3) is 0 Å². The molecule has 0 saturated carbocycles. The lowest BCUT2D eigenvalue weighted by atomic mass is 10.2. The zero-order valence-corrected chi connectivity index (χ0v) is 7.13. The zero-order chi connectivity index (χ0) is 8.97. The van der Waals surface area contributed by atoms with Crippen molar-refractivity contribution in [1.82, 2.24) is 0 Å². The minimum atomic E-state index is -0.356. The first-order valence-electron chi connectivity index (χ1n) is 3.87. The molecule has 2 nitrogen and oxygen atoms in total. The molecule has 0 aliphatic carbocycles. The number of anilines is 2. The van der Waals surface area contributed by atoms with Gasteiger partial charge in [0.1, 0.15) is 6.67 Å². The molecule has 0 amide bonds. The standard InChI is InChI=1S/C9H13FN2/c1-12(7-6-10)9-5-3-2-4-8(9)11/h2-5H,6-7,11H2,1H3. The van der Waals surface area contributed by atoms with Crippen molar-refractivity contribution < 1.29 is 4.39 Å². The monoisotopic (exact) mass is 168 g/mol. The highest BCUT2D eigenvalue weighted by Gasteiger charge is 2.02. The van der Waals surface area contributed by atoms with Gasteiger partial charge in [-0.3, -0.25) is 0 Å². The van der Waals surface area contributed by atoms with Crippen LogP contribution in [-0.4, -0.2) is 20.3 Å². The van der Waals surface area contributed by atoms with Gasteiger partial charge in [0.05, 0.1) is 11.4 Å². The number of benzene rings is 1. The number of nitrogen functional groups attached to an aromatic ring is 1. The molecule has 1 rings (SSSR count). The lowest BCUT2D eigenvalue weighted by Crippen LogP contribution is -2.20. The fourth-order valence-electron chi connectivity index (χ4n) is 1.08. The Bertz CT molecular complexity index is 250. The molecule has 0 aliphatic heterocycles. The van der Waals surface area contributed by atoms with Crippen LogP contribution in [0.25, 0.3) is 0 Å². The molecule has 66 valence electrons. The van der Waals surface area contributed by atoms with E-state index in [4.69, 9.17) is 5.73 Å². The molecular formula is C9H13FN2. The summed E-state index contributed by atoms with van der Waals surface area (Å²) in [6, 6.07) is 7.44. The molecule has 0 heterocycles. The van der Waals surface area contributed by atoms with Gasteiger partial charge < -0.3 is 10.6 Å². The van der Waals surface area contributed by atoms with E-state index in [-0.39, 0.29) is 6.67 Å². The number of hydrogen-bond donors (Lipinski definition) is 1. The number of nitrogens with zero attached hydrogens (tertiary/aromatic N) is 1. The fraction of sp³-hybridized carbons (Fsp3) is 0.333.